The molecule has 0 fully saturated rings. The fraction of sp³-hybridized carbons (Fsp3) is 0.0909. The van der Waals surface area contributed by atoms with Crippen LogP contribution in [0.3, 0.4) is 0 Å². The predicted molar refractivity (Wildman–Crippen MR) is 60.1 cm³/mol. The lowest BCUT2D eigenvalue weighted by Crippen LogP contribution is -2.19. The van der Waals surface area contributed by atoms with Gasteiger partial charge in [0.25, 0.3) is 0 Å². The summed E-state index contributed by atoms with van der Waals surface area (Å²) in [6.07, 6.45) is 1.48. The van der Waals surface area contributed by atoms with E-state index in [0.29, 0.717) is 11.3 Å². The molecule has 0 heterocycles. The summed E-state index contributed by atoms with van der Waals surface area (Å²) in [5, 5.41) is 2.37. The molecular weight excluding hydrogens is 208 g/mol. The van der Waals surface area contributed by atoms with Crippen LogP contribution in [-0.2, 0) is 4.74 Å². The molecule has 0 aliphatic heterocycles. The number of amides is 2. The highest BCUT2D eigenvalue weighted by atomic mass is 16.5. The lowest BCUT2D eigenvalue weighted by atomic mass is 10.2. The van der Waals surface area contributed by atoms with Crippen molar-refractivity contribution in [3.63, 3.8) is 0 Å². The monoisotopic (exact) mass is 220 g/mol. The average molecular weight is 220 g/mol. The molecule has 0 aliphatic rings. The average Bonchev–Trinajstić information content (AvgIpc) is 2.25. The van der Waals surface area contributed by atoms with Crippen LogP contribution in [0.15, 0.2) is 36.9 Å². The third kappa shape index (κ3) is 3.45. The zero-order valence-corrected chi connectivity index (χ0v) is 8.60. The molecule has 0 saturated carbocycles. The Kier molecular flexibility index (Phi) is 4.08. The van der Waals surface area contributed by atoms with Gasteiger partial charge in [-0.1, -0.05) is 18.7 Å². The van der Waals surface area contributed by atoms with Gasteiger partial charge in [-0.15, -0.1) is 0 Å². The topological polar surface area (TPSA) is 81.4 Å². The van der Waals surface area contributed by atoms with Gasteiger partial charge in [0.05, 0.1) is 5.56 Å². The number of ether oxygens (including phenoxy) is 1. The first-order valence-corrected chi connectivity index (χ1v) is 4.58. The number of carbonyl (C=O) groups is 2. The van der Waals surface area contributed by atoms with Crippen molar-refractivity contribution in [1.29, 1.82) is 0 Å². The Morgan fingerprint density at radius 1 is 1.50 bits per heavy atom. The van der Waals surface area contributed by atoms with E-state index in [2.05, 4.69) is 11.9 Å². The Hall–Kier alpha value is -2.30. The van der Waals surface area contributed by atoms with Gasteiger partial charge >= 0.3 is 12.0 Å². The summed E-state index contributed by atoms with van der Waals surface area (Å²) in [5.41, 5.74) is 5.74. The predicted octanol–water partition coefficient (Wildman–Crippen LogP) is 1.52. The van der Waals surface area contributed by atoms with Crippen LogP contribution in [0, 0.1) is 0 Å². The maximum atomic E-state index is 11.4. The van der Waals surface area contributed by atoms with E-state index >= 15 is 0 Å². The number of hydrogen-bond acceptors (Lipinski definition) is 3. The minimum atomic E-state index is -0.684. The second-order valence-corrected chi connectivity index (χ2v) is 2.96. The molecule has 0 aromatic heterocycles. The second-order valence-electron chi connectivity index (χ2n) is 2.96. The minimum Gasteiger partial charge on any atom is -0.458 e. The zero-order chi connectivity index (χ0) is 12.0. The van der Waals surface area contributed by atoms with Crippen molar-refractivity contribution in [3.8, 4) is 0 Å². The summed E-state index contributed by atoms with van der Waals surface area (Å²) in [4.78, 5) is 22.0. The first-order valence-electron chi connectivity index (χ1n) is 4.58. The summed E-state index contributed by atoms with van der Waals surface area (Å²) >= 11 is 0. The number of esters is 1. The Bertz CT molecular complexity index is 415. The normalized spacial score (nSPS) is 9.25. The highest BCUT2D eigenvalue weighted by Gasteiger charge is 2.07. The molecule has 16 heavy (non-hydrogen) atoms. The Labute approximate surface area is 92.9 Å². The van der Waals surface area contributed by atoms with Crippen molar-refractivity contribution in [2.75, 3.05) is 11.9 Å². The summed E-state index contributed by atoms with van der Waals surface area (Å²) in [5.74, 6) is -0.479. The molecule has 0 atom stereocenters. The van der Waals surface area contributed by atoms with Gasteiger partial charge in [0.1, 0.15) is 6.61 Å². The lowest BCUT2D eigenvalue weighted by molar-refractivity contribution is 0.0550. The standard InChI is InChI=1S/C11H12N2O3/c1-2-6-16-10(14)8-4-3-5-9(7-8)13-11(12)15/h2-5,7H,1,6H2,(H3,12,13,15). The molecule has 0 spiro atoms. The summed E-state index contributed by atoms with van der Waals surface area (Å²) in [6.45, 7) is 3.58. The Morgan fingerprint density at radius 2 is 2.25 bits per heavy atom. The maximum absolute atomic E-state index is 11.4. The highest BCUT2D eigenvalue weighted by molar-refractivity contribution is 5.93. The van der Waals surface area contributed by atoms with E-state index in [1.54, 1.807) is 18.2 Å². The third-order valence-electron chi connectivity index (χ3n) is 1.70. The number of nitrogens with one attached hydrogen (secondary N) is 1. The van der Waals surface area contributed by atoms with Gasteiger partial charge in [0.2, 0.25) is 0 Å². The van der Waals surface area contributed by atoms with Crippen molar-refractivity contribution in [2.45, 2.75) is 0 Å². The van der Waals surface area contributed by atoms with Crippen LogP contribution in [-0.4, -0.2) is 18.6 Å². The molecule has 0 radical (unpaired) electrons. The Balaban J connectivity index is 2.77. The van der Waals surface area contributed by atoms with Crippen molar-refractivity contribution < 1.29 is 14.3 Å². The van der Waals surface area contributed by atoms with Crippen LogP contribution in [0.25, 0.3) is 0 Å². The largest absolute Gasteiger partial charge is 0.458 e. The molecule has 1 aromatic rings. The molecule has 1 aromatic carbocycles. The first kappa shape index (κ1) is 11.8. The van der Waals surface area contributed by atoms with Gasteiger partial charge < -0.3 is 15.8 Å². The van der Waals surface area contributed by atoms with E-state index in [0.717, 1.165) is 0 Å². The maximum Gasteiger partial charge on any atom is 0.338 e. The smallest absolute Gasteiger partial charge is 0.338 e. The van der Waals surface area contributed by atoms with E-state index < -0.39 is 12.0 Å². The number of benzene rings is 1. The fourth-order valence-electron chi connectivity index (χ4n) is 1.08. The van der Waals surface area contributed by atoms with E-state index in [-0.39, 0.29) is 6.61 Å². The lowest BCUT2D eigenvalue weighted by Gasteiger charge is -2.05. The highest BCUT2D eigenvalue weighted by Crippen LogP contribution is 2.11. The minimum absolute atomic E-state index is 0.145. The molecule has 0 aliphatic carbocycles. The molecule has 0 bridgehead atoms. The SMILES string of the molecule is C=CCOC(=O)c1cccc(NC(N)=O)c1. The molecule has 2 amide bonds. The van der Waals surface area contributed by atoms with Crippen LogP contribution in [0.2, 0.25) is 0 Å². The van der Waals surface area contributed by atoms with Gasteiger partial charge in [0, 0.05) is 5.69 Å². The second kappa shape index (κ2) is 5.55. The molecule has 3 N–H and O–H groups in total. The number of carbonyl (C=O) groups excluding carboxylic acids is 2. The van der Waals surface area contributed by atoms with Crippen LogP contribution in [0.5, 0.6) is 0 Å². The molecule has 0 saturated heterocycles. The number of hydrogen-bond donors (Lipinski definition) is 2. The molecule has 84 valence electrons. The van der Waals surface area contributed by atoms with Gasteiger partial charge in [-0.3, -0.25) is 0 Å². The van der Waals surface area contributed by atoms with Gasteiger partial charge in [0.15, 0.2) is 0 Å². The number of primary amides is 1. The number of nitrogens with two attached hydrogens (primary N) is 1. The number of urea groups is 1. The molecular formula is C11H12N2O3. The van der Waals surface area contributed by atoms with Crippen LogP contribution >= 0.6 is 0 Å². The quantitative estimate of drug-likeness (QED) is 0.596. The zero-order valence-electron chi connectivity index (χ0n) is 8.60. The van der Waals surface area contributed by atoms with Crippen molar-refractivity contribution >= 4 is 17.7 Å². The van der Waals surface area contributed by atoms with E-state index in [4.69, 9.17) is 10.5 Å². The first-order chi connectivity index (χ1) is 7.63. The van der Waals surface area contributed by atoms with Crippen molar-refractivity contribution in [2.24, 2.45) is 5.73 Å². The van der Waals surface area contributed by atoms with Gasteiger partial charge in [-0.25, -0.2) is 9.59 Å². The van der Waals surface area contributed by atoms with Crippen LogP contribution in [0.4, 0.5) is 10.5 Å². The Morgan fingerprint density at radius 3 is 2.88 bits per heavy atom. The number of rotatable bonds is 4. The van der Waals surface area contributed by atoms with E-state index in [1.165, 1.54) is 12.1 Å². The van der Waals surface area contributed by atoms with Crippen molar-refractivity contribution in [1.82, 2.24) is 0 Å². The summed E-state index contributed by atoms with van der Waals surface area (Å²) in [6, 6.07) is 5.62. The van der Waals surface area contributed by atoms with E-state index in [9.17, 15) is 9.59 Å². The number of anilines is 1. The third-order valence-corrected chi connectivity index (χ3v) is 1.70. The van der Waals surface area contributed by atoms with Crippen LogP contribution < -0.4 is 11.1 Å². The molecule has 0 unspecified atom stereocenters. The van der Waals surface area contributed by atoms with Crippen LogP contribution in [0.1, 0.15) is 10.4 Å². The van der Waals surface area contributed by atoms with Crippen molar-refractivity contribution in [3.05, 3.63) is 42.5 Å². The summed E-state index contributed by atoms with van der Waals surface area (Å²) in [7, 11) is 0. The van der Waals surface area contributed by atoms with Gasteiger partial charge in [-0.2, -0.15) is 0 Å². The molecule has 1 rings (SSSR count). The summed E-state index contributed by atoms with van der Waals surface area (Å²) < 4.78 is 4.84. The van der Waals surface area contributed by atoms with E-state index in [1.807, 2.05) is 0 Å². The fourth-order valence-corrected chi connectivity index (χ4v) is 1.08. The molecule has 5 heteroatoms. The molecule has 5 nitrogen and oxygen atoms in total. The van der Waals surface area contributed by atoms with Gasteiger partial charge in [-0.05, 0) is 18.2 Å².